The third-order valence-corrected chi connectivity index (χ3v) is 5.14. The van der Waals surface area contributed by atoms with E-state index >= 15 is 0 Å². The number of primary amides is 1. The van der Waals surface area contributed by atoms with Crippen LogP contribution in [0.4, 0.5) is 0 Å². The first-order chi connectivity index (χ1) is 14.7. The smallest absolute Gasteiger partial charge is 0.287 e. The Morgan fingerprint density at radius 1 is 1.26 bits per heavy atom. The van der Waals surface area contributed by atoms with Gasteiger partial charge in [0.1, 0.15) is 12.1 Å². The Labute approximate surface area is 179 Å². The summed E-state index contributed by atoms with van der Waals surface area (Å²) in [6, 6.07) is 1.53. The number of nitrogens with two attached hydrogens (primary N) is 1. The summed E-state index contributed by atoms with van der Waals surface area (Å²) in [5, 5.41) is 7.96. The summed E-state index contributed by atoms with van der Waals surface area (Å²) in [5.41, 5.74) is 6.44. The SMILES string of the molecule is CC(C)C[C@H](NC(=O)c1nc2ncccc2[nH]1)C(=O)N[C@@H](C[C@@H]1CCNC1=O)C(N)=O. The normalized spacial score (nSPS) is 17.9. The molecule has 0 aromatic carbocycles. The second kappa shape index (κ2) is 9.54. The number of nitrogens with one attached hydrogen (secondary N) is 4. The van der Waals surface area contributed by atoms with Gasteiger partial charge in [-0.05, 0) is 37.3 Å². The van der Waals surface area contributed by atoms with E-state index in [-0.39, 0.29) is 30.0 Å². The molecule has 2 aromatic heterocycles. The molecule has 3 atom stereocenters. The molecule has 11 nitrogen and oxygen atoms in total. The van der Waals surface area contributed by atoms with E-state index in [2.05, 4.69) is 30.9 Å². The summed E-state index contributed by atoms with van der Waals surface area (Å²) >= 11 is 0. The average molecular weight is 429 g/mol. The van der Waals surface area contributed by atoms with Gasteiger partial charge in [0.05, 0.1) is 5.52 Å². The zero-order valence-electron chi connectivity index (χ0n) is 17.5. The van der Waals surface area contributed by atoms with Gasteiger partial charge in [0.25, 0.3) is 5.91 Å². The minimum atomic E-state index is -1.01. The van der Waals surface area contributed by atoms with Crippen LogP contribution in [0.25, 0.3) is 11.2 Å². The second-order valence-corrected chi connectivity index (χ2v) is 8.09. The zero-order valence-corrected chi connectivity index (χ0v) is 17.5. The topological polar surface area (TPSA) is 172 Å². The molecule has 1 aliphatic rings. The van der Waals surface area contributed by atoms with Crippen molar-refractivity contribution in [2.75, 3.05) is 6.54 Å². The van der Waals surface area contributed by atoms with E-state index in [1.165, 1.54) is 0 Å². The number of amides is 4. The molecule has 0 aliphatic carbocycles. The molecule has 1 saturated heterocycles. The van der Waals surface area contributed by atoms with Crippen LogP contribution in [0.1, 0.15) is 43.7 Å². The molecule has 0 saturated carbocycles. The number of fused-ring (bicyclic) bond motifs is 1. The van der Waals surface area contributed by atoms with Crippen LogP contribution in [0.2, 0.25) is 0 Å². The van der Waals surface area contributed by atoms with Crippen molar-refractivity contribution in [2.24, 2.45) is 17.6 Å². The van der Waals surface area contributed by atoms with E-state index in [0.717, 1.165) is 0 Å². The molecule has 1 fully saturated rings. The van der Waals surface area contributed by atoms with E-state index in [1.807, 2.05) is 13.8 Å². The minimum absolute atomic E-state index is 0.0318. The molecule has 0 unspecified atom stereocenters. The lowest BCUT2D eigenvalue weighted by Gasteiger charge is -2.23. The van der Waals surface area contributed by atoms with Crippen LogP contribution in [-0.4, -0.2) is 57.2 Å². The van der Waals surface area contributed by atoms with Gasteiger partial charge in [0, 0.05) is 18.7 Å². The van der Waals surface area contributed by atoms with E-state index in [0.29, 0.717) is 30.6 Å². The van der Waals surface area contributed by atoms with Gasteiger partial charge < -0.3 is 26.7 Å². The fourth-order valence-electron chi connectivity index (χ4n) is 3.56. The van der Waals surface area contributed by atoms with Gasteiger partial charge in [-0.2, -0.15) is 0 Å². The van der Waals surface area contributed by atoms with Crippen molar-refractivity contribution in [1.29, 1.82) is 0 Å². The molecule has 3 rings (SSSR count). The van der Waals surface area contributed by atoms with Crippen LogP contribution in [0, 0.1) is 11.8 Å². The third kappa shape index (κ3) is 5.56. The molecular weight excluding hydrogens is 402 g/mol. The largest absolute Gasteiger partial charge is 0.368 e. The highest BCUT2D eigenvalue weighted by Crippen LogP contribution is 2.17. The highest BCUT2D eigenvalue weighted by Gasteiger charge is 2.32. The van der Waals surface area contributed by atoms with Gasteiger partial charge in [0.15, 0.2) is 11.5 Å². The highest BCUT2D eigenvalue weighted by atomic mass is 16.2. The summed E-state index contributed by atoms with van der Waals surface area (Å²) in [6.07, 6.45) is 2.59. The molecular formula is C20H27N7O4. The van der Waals surface area contributed by atoms with Crippen LogP contribution >= 0.6 is 0 Å². The minimum Gasteiger partial charge on any atom is -0.368 e. The molecule has 1 aliphatic heterocycles. The van der Waals surface area contributed by atoms with Crippen molar-refractivity contribution >= 4 is 34.8 Å². The number of hydrogen-bond donors (Lipinski definition) is 5. The van der Waals surface area contributed by atoms with E-state index in [1.54, 1.807) is 18.3 Å². The lowest BCUT2D eigenvalue weighted by atomic mass is 9.97. The Morgan fingerprint density at radius 2 is 2.03 bits per heavy atom. The first kappa shape index (κ1) is 22.2. The molecule has 11 heteroatoms. The number of rotatable bonds is 9. The number of pyridine rings is 1. The highest BCUT2D eigenvalue weighted by molar-refractivity contribution is 5.97. The number of carbonyl (C=O) groups is 4. The maximum atomic E-state index is 12.9. The van der Waals surface area contributed by atoms with E-state index < -0.39 is 29.8 Å². The van der Waals surface area contributed by atoms with Crippen molar-refractivity contribution in [3.8, 4) is 0 Å². The Bertz CT molecular complexity index is 954. The quantitative estimate of drug-likeness (QED) is 0.363. The van der Waals surface area contributed by atoms with Gasteiger partial charge in [-0.1, -0.05) is 13.8 Å². The Balaban J connectivity index is 1.70. The van der Waals surface area contributed by atoms with Gasteiger partial charge in [-0.15, -0.1) is 0 Å². The molecule has 31 heavy (non-hydrogen) atoms. The van der Waals surface area contributed by atoms with Crippen molar-refractivity contribution in [1.82, 2.24) is 30.9 Å². The number of imidazole rings is 1. The number of nitrogens with zero attached hydrogens (tertiary/aromatic N) is 2. The fourth-order valence-corrected chi connectivity index (χ4v) is 3.56. The molecule has 0 bridgehead atoms. The first-order valence-electron chi connectivity index (χ1n) is 10.2. The standard InChI is InChI=1S/C20H27N7O4/c1-10(2)8-14(26-20(31)17-24-12-4-3-6-22-16(12)27-17)19(30)25-13(15(21)28)9-11-5-7-23-18(11)29/h3-4,6,10-11,13-14H,5,7-9H2,1-2H3,(H2,21,28)(H,23,29)(H,25,30)(H,26,31)(H,22,24,27)/t11-,13-,14-/m0/s1. The van der Waals surface area contributed by atoms with Gasteiger partial charge in [-0.25, -0.2) is 9.97 Å². The average Bonchev–Trinajstić information content (AvgIpc) is 3.32. The summed E-state index contributed by atoms with van der Waals surface area (Å²) in [6.45, 7) is 4.35. The Morgan fingerprint density at radius 3 is 2.65 bits per heavy atom. The van der Waals surface area contributed by atoms with Crippen LogP contribution < -0.4 is 21.7 Å². The predicted octanol–water partition coefficient (Wildman–Crippen LogP) is -0.401. The molecule has 0 radical (unpaired) electrons. The van der Waals surface area contributed by atoms with E-state index in [9.17, 15) is 19.2 Å². The summed E-state index contributed by atoms with van der Waals surface area (Å²) in [7, 11) is 0. The zero-order chi connectivity index (χ0) is 22.5. The number of aromatic nitrogens is 3. The van der Waals surface area contributed by atoms with Crippen LogP contribution in [-0.2, 0) is 14.4 Å². The molecule has 3 heterocycles. The maximum Gasteiger partial charge on any atom is 0.287 e. The fraction of sp³-hybridized carbons (Fsp3) is 0.500. The van der Waals surface area contributed by atoms with Crippen LogP contribution in [0.3, 0.4) is 0 Å². The Hall–Kier alpha value is -3.50. The monoisotopic (exact) mass is 429 g/mol. The third-order valence-electron chi connectivity index (χ3n) is 5.14. The lowest BCUT2D eigenvalue weighted by Crippen LogP contribution is -2.54. The van der Waals surface area contributed by atoms with Crippen LogP contribution in [0.5, 0.6) is 0 Å². The number of aromatic amines is 1. The number of carbonyl (C=O) groups excluding carboxylic acids is 4. The predicted molar refractivity (Wildman–Crippen MR) is 111 cm³/mol. The lowest BCUT2D eigenvalue weighted by molar-refractivity contribution is -0.130. The molecule has 4 amide bonds. The first-order valence-corrected chi connectivity index (χ1v) is 10.2. The van der Waals surface area contributed by atoms with Gasteiger partial charge in [-0.3, -0.25) is 19.2 Å². The summed E-state index contributed by atoms with van der Waals surface area (Å²) < 4.78 is 0. The summed E-state index contributed by atoms with van der Waals surface area (Å²) in [4.78, 5) is 60.4. The Kier molecular flexibility index (Phi) is 6.83. The summed E-state index contributed by atoms with van der Waals surface area (Å²) in [5.74, 6) is -2.27. The molecule has 0 spiro atoms. The molecule has 2 aromatic rings. The van der Waals surface area contributed by atoms with Crippen molar-refractivity contribution in [2.45, 2.75) is 45.2 Å². The van der Waals surface area contributed by atoms with E-state index in [4.69, 9.17) is 5.73 Å². The number of hydrogen-bond acceptors (Lipinski definition) is 6. The van der Waals surface area contributed by atoms with Crippen LogP contribution in [0.15, 0.2) is 18.3 Å². The second-order valence-electron chi connectivity index (χ2n) is 8.09. The maximum absolute atomic E-state index is 12.9. The van der Waals surface area contributed by atoms with Gasteiger partial charge in [0.2, 0.25) is 17.7 Å². The van der Waals surface area contributed by atoms with Crippen molar-refractivity contribution in [3.05, 3.63) is 24.2 Å². The van der Waals surface area contributed by atoms with Crippen molar-refractivity contribution < 1.29 is 19.2 Å². The van der Waals surface area contributed by atoms with Crippen molar-refractivity contribution in [3.63, 3.8) is 0 Å². The molecule has 166 valence electrons. The molecule has 6 N–H and O–H groups in total. The number of H-pyrrole nitrogens is 1. The van der Waals surface area contributed by atoms with Gasteiger partial charge >= 0.3 is 0 Å².